The summed E-state index contributed by atoms with van der Waals surface area (Å²) in [5.41, 5.74) is 1.50. The molecule has 0 amide bonds. The van der Waals surface area contributed by atoms with E-state index < -0.39 is 5.41 Å². The maximum atomic E-state index is 13.6. The van der Waals surface area contributed by atoms with Gasteiger partial charge in [0.1, 0.15) is 5.69 Å². The fourth-order valence-corrected chi connectivity index (χ4v) is 1.53. The molecule has 0 spiro atoms. The van der Waals surface area contributed by atoms with Gasteiger partial charge >= 0.3 is 0 Å². The zero-order chi connectivity index (χ0) is 10.2. The Hall–Kier alpha value is -0.430. The van der Waals surface area contributed by atoms with Crippen molar-refractivity contribution in [1.82, 2.24) is 9.78 Å². The molecule has 0 aromatic carbocycles. The molecule has 0 bridgehead atoms. The lowest BCUT2D eigenvalue weighted by molar-refractivity contribution is 0.311. The molecule has 1 aromatic rings. The normalized spacial score (nSPS) is 16.2. The molecule has 1 aromatic heterocycles. The van der Waals surface area contributed by atoms with Gasteiger partial charge in [-0.05, 0) is 18.4 Å². The van der Waals surface area contributed by atoms with E-state index in [1.165, 1.54) is 6.92 Å². The summed E-state index contributed by atoms with van der Waals surface area (Å²) in [7, 11) is 3.99. The van der Waals surface area contributed by atoms with Crippen molar-refractivity contribution in [2.45, 2.75) is 32.1 Å². The van der Waals surface area contributed by atoms with Gasteiger partial charge in [-0.15, -0.1) is 0 Å². The Labute approximate surface area is 80.7 Å². The monoisotopic (exact) mass is 202 g/mol. The van der Waals surface area contributed by atoms with Gasteiger partial charge in [0.05, 0.1) is 0 Å². The summed E-state index contributed by atoms with van der Waals surface area (Å²) in [5, 5.41) is 2.69. The van der Waals surface area contributed by atoms with Gasteiger partial charge in [0.2, 0.25) is 0 Å². The summed E-state index contributed by atoms with van der Waals surface area (Å²) in [6.45, 7) is 5.58. The van der Waals surface area contributed by atoms with E-state index in [1.54, 1.807) is 4.68 Å². The zero-order valence-electron chi connectivity index (χ0n) is 8.50. The SMILES string of the molecule is CC(C)c1cn(C)nc1C(C)(F)P. The van der Waals surface area contributed by atoms with Gasteiger partial charge in [-0.3, -0.25) is 4.68 Å². The van der Waals surface area contributed by atoms with Gasteiger partial charge < -0.3 is 0 Å². The molecular formula is C9H16FN2P. The molecule has 1 heterocycles. The Morgan fingerprint density at radius 2 is 2.15 bits per heavy atom. The van der Waals surface area contributed by atoms with Gasteiger partial charge in [0.15, 0.2) is 5.41 Å². The maximum Gasteiger partial charge on any atom is 0.164 e. The molecule has 0 saturated heterocycles. The molecule has 0 radical (unpaired) electrons. The van der Waals surface area contributed by atoms with Crippen LogP contribution >= 0.6 is 9.24 Å². The van der Waals surface area contributed by atoms with Crippen LogP contribution in [0.5, 0.6) is 0 Å². The molecule has 74 valence electrons. The van der Waals surface area contributed by atoms with Gasteiger partial charge in [-0.25, -0.2) is 4.39 Å². The van der Waals surface area contributed by atoms with Gasteiger partial charge in [-0.1, -0.05) is 23.1 Å². The molecular weight excluding hydrogens is 186 g/mol. The first-order valence-electron chi connectivity index (χ1n) is 4.34. The van der Waals surface area contributed by atoms with Crippen LogP contribution in [0.15, 0.2) is 6.20 Å². The first-order chi connectivity index (χ1) is 5.82. The topological polar surface area (TPSA) is 17.8 Å². The molecule has 0 aliphatic carbocycles. The van der Waals surface area contributed by atoms with E-state index in [0.29, 0.717) is 11.6 Å². The van der Waals surface area contributed by atoms with Crippen molar-refractivity contribution >= 4 is 9.24 Å². The van der Waals surface area contributed by atoms with Crippen LogP contribution in [0.25, 0.3) is 0 Å². The molecule has 0 N–H and O–H groups in total. The summed E-state index contributed by atoms with van der Waals surface area (Å²) >= 11 is 0. The van der Waals surface area contributed by atoms with Gasteiger partial charge in [-0.2, -0.15) is 5.10 Å². The predicted molar refractivity (Wildman–Crippen MR) is 55.5 cm³/mol. The zero-order valence-corrected chi connectivity index (χ0v) is 9.66. The van der Waals surface area contributed by atoms with Crippen molar-refractivity contribution in [1.29, 1.82) is 0 Å². The molecule has 4 heteroatoms. The summed E-state index contributed by atoms with van der Waals surface area (Å²) in [5.74, 6) is 0.305. The van der Waals surface area contributed by atoms with Gasteiger partial charge in [0.25, 0.3) is 0 Å². The summed E-state index contributed by atoms with van der Waals surface area (Å²) in [6, 6.07) is 0. The fourth-order valence-electron chi connectivity index (χ4n) is 1.31. The van der Waals surface area contributed by atoms with Crippen molar-refractivity contribution in [3.05, 3.63) is 17.5 Å². The van der Waals surface area contributed by atoms with E-state index in [2.05, 4.69) is 14.3 Å². The minimum absolute atomic E-state index is 0.305. The fraction of sp³-hybridized carbons (Fsp3) is 0.667. The highest BCUT2D eigenvalue weighted by Crippen LogP contribution is 2.35. The van der Waals surface area contributed by atoms with Crippen molar-refractivity contribution < 1.29 is 4.39 Å². The second kappa shape index (κ2) is 3.38. The summed E-state index contributed by atoms with van der Waals surface area (Å²) < 4.78 is 15.3. The van der Waals surface area contributed by atoms with Crippen LogP contribution in [0, 0.1) is 0 Å². The van der Waals surface area contributed by atoms with Crippen LogP contribution in [0.3, 0.4) is 0 Å². The van der Waals surface area contributed by atoms with Crippen LogP contribution in [0.2, 0.25) is 0 Å². The van der Waals surface area contributed by atoms with Crippen molar-refractivity contribution in [2.24, 2.45) is 7.05 Å². The number of rotatable bonds is 2. The largest absolute Gasteiger partial charge is 0.275 e. The number of hydrogen-bond acceptors (Lipinski definition) is 1. The van der Waals surface area contributed by atoms with E-state index in [-0.39, 0.29) is 0 Å². The number of aryl methyl sites for hydroxylation is 1. The molecule has 2 unspecified atom stereocenters. The molecule has 0 aliphatic heterocycles. The smallest absolute Gasteiger partial charge is 0.164 e. The average Bonchev–Trinajstić information content (AvgIpc) is 2.29. The van der Waals surface area contributed by atoms with Crippen LogP contribution in [-0.2, 0) is 12.5 Å². The average molecular weight is 202 g/mol. The lowest BCUT2D eigenvalue weighted by atomic mass is 10.0. The van der Waals surface area contributed by atoms with Crippen LogP contribution in [0.4, 0.5) is 4.39 Å². The van der Waals surface area contributed by atoms with Gasteiger partial charge in [0, 0.05) is 13.2 Å². The third kappa shape index (κ3) is 2.28. The van der Waals surface area contributed by atoms with Crippen molar-refractivity contribution in [3.63, 3.8) is 0 Å². The molecule has 0 fully saturated rings. The van der Waals surface area contributed by atoms with Crippen molar-refractivity contribution in [2.75, 3.05) is 0 Å². The Morgan fingerprint density at radius 3 is 2.46 bits per heavy atom. The third-order valence-electron chi connectivity index (χ3n) is 1.94. The Kier molecular flexibility index (Phi) is 2.76. The minimum Gasteiger partial charge on any atom is -0.275 e. The standard InChI is InChI=1S/C9H16FN2P/c1-6(2)7-5-12(4)11-8(7)9(3,10)13/h5-6H,13H2,1-4H3. The Bertz CT molecular complexity index is 299. The lowest BCUT2D eigenvalue weighted by Crippen LogP contribution is -2.09. The first kappa shape index (κ1) is 10.6. The van der Waals surface area contributed by atoms with Crippen molar-refractivity contribution in [3.8, 4) is 0 Å². The second-order valence-corrected chi connectivity index (χ2v) is 4.92. The molecule has 1 rings (SSSR count). The highest BCUT2D eigenvalue weighted by atomic mass is 31.0. The number of alkyl halides is 1. The summed E-state index contributed by atoms with van der Waals surface area (Å²) in [4.78, 5) is 0. The van der Waals surface area contributed by atoms with E-state index >= 15 is 0 Å². The minimum atomic E-state index is -1.43. The molecule has 13 heavy (non-hydrogen) atoms. The van der Waals surface area contributed by atoms with Crippen LogP contribution < -0.4 is 0 Å². The Balaban J connectivity index is 3.20. The second-order valence-electron chi connectivity index (χ2n) is 3.84. The number of hydrogen-bond donors (Lipinski definition) is 0. The summed E-state index contributed by atoms with van der Waals surface area (Å²) in [6.07, 6.45) is 1.88. The quantitative estimate of drug-likeness (QED) is 0.674. The van der Waals surface area contributed by atoms with E-state index in [0.717, 1.165) is 5.56 Å². The van der Waals surface area contributed by atoms with E-state index in [4.69, 9.17) is 0 Å². The number of nitrogens with zero attached hydrogens (tertiary/aromatic N) is 2. The highest BCUT2D eigenvalue weighted by Gasteiger charge is 2.27. The molecule has 0 aliphatic rings. The van der Waals surface area contributed by atoms with E-state index in [1.807, 2.05) is 27.1 Å². The predicted octanol–water partition coefficient (Wildman–Crippen LogP) is 2.56. The van der Waals surface area contributed by atoms with Crippen LogP contribution in [-0.4, -0.2) is 9.78 Å². The number of aromatic nitrogens is 2. The Morgan fingerprint density at radius 1 is 1.62 bits per heavy atom. The van der Waals surface area contributed by atoms with E-state index in [9.17, 15) is 4.39 Å². The molecule has 2 atom stereocenters. The number of halogens is 1. The maximum absolute atomic E-state index is 13.6. The first-order valence-corrected chi connectivity index (χ1v) is 4.92. The van der Waals surface area contributed by atoms with Crippen LogP contribution in [0.1, 0.15) is 37.9 Å². The lowest BCUT2D eigenvalue weighted by Gasteiger charge is -2.14. The molecule has 0 saturated carbocycles. The third-order valence-corrected chi connectivity index (χ3v) is 2.22. The molecule has 2 nitrogen and oxygen atoms in total. The highest BCUT2D eigenvalue weighted by molar-refractivity contribution is 7.18.